The number of hydrogen-bond donors (Lipinski definition) is 2. The first kappa shape index (κ1) is 15.2. The van der Waals surface area contributed by atoms with Gasteiger partial charge in [-0.2, -0.15) is 8.78 Å². The summed E-state index contributed by atoms with van der Waals surface area (Å²) in [4.78, 5) is 12.3. The Kier molecular flexibility index (Phi) is 4.57. The van der Waals surface area contributed by atoms with E-state index < -0.39 is 6.61 Å². The lowest BCUT2D eigenvalue weighted by Crippen LogP contribution is -2.39. The number of amides is 1. The summed E-state index contributed by atoms with van der Waals surface area (Å²) >= 11 is 0. The van der Waals surface area contributed by atoms with E-state index in [4.69, 9.17) is 0 Å². The Morgan fingerprint density at radius 2 is 2.14 bits per heavy atom. The minimum absolute atomic E-state index is 0.0425. The summed E-state index contributed by atoms with van der Waals surface area (Å²) in [6, 6.07) is 6.33. The zero-order valence-corrected chi connectivity index (χ0v) is 12.2. The second kappa shape index (κ2) is 6.60. The van der Waals surface area contributed by atoms with Crippen molar-refractivity contribution in [2.45, 2.75) is 50.8 Å². The van der Waals surface area contributed by atoms with Crippen LogP contribution >= 0.6 is 0 Å². The zero-order valence-electron chi connectivity index (χ0n) is 12.2. The van der Waals surface area contributed by atoms with Crippen molar-refractivity contribution in [2.24, 2.45) is 5.92 Å². The number of ether oxygens (including phenoxy) is 1. The van der Waals surface area contributed by atoms with Gasteiger partial charge in [-0.3, -0.25) is 4.79 Å². The Bertz CT molecular complexity index is 525. The van der Waals surface area contributed by atoms with E-state index in [0.717, 1.165) is 12.8 Å². The SMILES string of the molecule is O=C(Nc1cccc(OC(F)F)c1)C1CC2CCCCC2N1. The van der Waals surface area contributed by atoms with Gasteiger partial charge in [-0.15, -0.1) is 0 Å². The van der Waals surface area contributed by atoms with Gasteiger partial charge >= 0.3 is 6.61 Å². The van der Waals surface area contributed by atoms with Crippen LogP contribution in [0.25, 0.3) is 0 Å². The third-order valence-corrected chi connectivity index (χ3v) is 4.51. The van der Waals surface area contributed by atoms with Crippen LogP contribution in [0.5, 0.6) is 5.75 Å². The molecular weight excluding hydrogens is 290 g/mol. The van der Waals surface area contributed by atoms with Crippen molar-refractivity contribution in [1.82, 2.24) is 5.32 Å². The molecule has 120 valence electrons. The lowest BCUT2D eigenvalue weighted by Gasteiger charge is -2.24. The van der Waals surface area contributed by atoms with Crippen LogP contribution in [-0.4, -0.2) is 24.6 Å². The molecule has 1 heterocycles. The normalized spacial score (nSPS) is 27.5. The van der Waals surface area contributed by atoms with Crippen molar-refractivity contribution in [2.75, 3.05) is 5.32 Å². The van der Waals surface area contributed by atoms with Crippen LogP contribution in [0.2, 0.25) is 0 Å². The molecule has 2 aliphatic rings. The molecule has 0 aromatic heterocycles. The minimum Gasteiger partial charge on any atom is -0.435 e. The van der Waals surface area contributed by atoms with Gasteiger partial charge in [0.1, 0.15) is 5.75 Å². The Morgan fingerprint density at radius 3 is 2.91 bits per heavy atom. The van der Waals surface area contributed by atoms with Gasteiger partial charge in [0.15, 0.2) is 0 Å². The Balaban J connectivity index is 1.60. The molecule has 0 radical (unpaired) electrons. The summed E-state index contributed by atoms with van der Waals surface area (Å²) in [5, 5.41) is 6.18. The van der Waals surface area contributed by atoms with Gasteiger partial charge in [0.25, 0.3) is 0 Å². The first-order chi connectivity index (χ1) is 10.6. The van der Waals surface area contributed by atoms with E-state index in [1.165, 1.54) is 31.4 Å². The Labute approximate surface area is 128 Å². The van der Waals surface area contributed by atoms with E-state index >= 15 is 0 Å². The van der Waals surface area contributed by atoms with Gasteiger partial charge in [-0.1, -0.05) is 18.9 Å². The number of benzene rings is 1. The third-order valence-electron chi connectivity index (χ3n) is 4.51. The highest BCUT2D eigenvalue weighted by Crippen LogP contribution is 2.33. The van der Waals surface area contributed by atoms with Gasteiger partial charge in [0.05, 0.1) is 6.04 Å². The highest BCUT2D eigenvalue weighted by molar-refractivity contribution is 5.95. The van der Waals surface area contributed by atoms with Gasteiger partial charge < -0.3 is 15.4 Å². The maximum absolute atomic E-state index is 12.3. The van der Waals surface area contributed by atoms with Crippen LogP contribution in [0.4, 0.5) is 14.5 Å². The molecule has 3 unspecified atom stereocenters. The summed E-state index contributed by atoms with van der Waals surface area (Å²) in [7, 11) is 0. The molecule has 1 aromatic rings. The van der Waals surface area contributed by atoms with Crippen LogP contribution in [0.1, 0.15) is 32.1 Å². The lowest BCUT2D eigenvalue weighted by atomic mass is 9.85. The van der Waals surface area contributed by atoms with Crippen molar-refractivity contribution >= 4 is 11.6 Å². The summed E-state index contributed by atoms with van der Waals surface area (Å²) in [6.45, 7) is -2.87. The second-order valence-corrected chi connectivity index (χ2v) is 6.00. The maximum Gasteiger partial charge on any atom is 0.387 e. The van der Waals surface area contributed by atoms with E-state index in [1.807, 2.05) is 0 Å². The van der Waals surface area contributed by atoms with Crippen LogP contribution in [-0.2, 0) is 4.79 Å². The molecule has 1 aromatic carbocycles. The van der Waals surface area contributed by atoms with E-state index in [1.54, 1.807) is 12.1 Å². The summed E-state index contributed by atoms with van der Waals surface area (Å²) in [5.74, 6) is 0.516. The first-order valence-electron chi connectivity index (χ1n) is 7.73. The van der Waals surface area contributed by atoms with Crippen molar-refractivity contribution in [3.63, 3.8) is 0 Å². The highest BCUT2D eigenvalue weighted by atomic mass is 19.3. The largest absolute Gasteiger partial charge is 0.435 e. The number of hydrogen-bond acceptors (Lipinski definition) is 3. The number of alkyl halides is 2. The lowest BCUT2D eigenvalue weighted by molar-refractivity contribution is -0.117. The molecule has 2 fully saturated rings. The molecule has 3 rings (SSSR count). The smallest absolute Gasteiger partial charge is 0.387 e. The monoisotopic (exact) mass is 310 g/mol. The van der Waals surface area contributed by atoms with Crippen molar-refractivity contribution in [1.29, 1.82) is 0 Å². The molecule has 4 nitrogen and oxygen atoms in total. The number of fused-ring (bicyclic) bond motifs is 1. The van der Waals surface area contributed by atoms with Crippen molar-refractivity contribution < 1.29 is 18.3 Å². The van der Waals surface area contributed by atoms with Crippen molar-refractivity contribution in [3.05, 3.63) is 24.3 Å². The maximum atomic E-state index is 12.3. The highest BCUT2D eigenvalue weighted by Gasteiger charge is 2.38. The molecule has 1 amide bonds. The van der Waals surface area contributed by atoms with Crippen LogP contribution in [0, 0.1) is 5.92 Å². The average molecular weight is 310 g/mol. The summed E-state index contributed by atoms with van der Waals surface area (Å²) in [6.07, 6.45) is 5.62. The fourth-order valence-corrected chi connectivity index (χ4v) is 3.50. The molecule has 1 saturated heterocycles. The van der Waals surface area contributed by atoms with E-state index in [2.05, 4.69) is 15.4 Å². The van der Waals surface area contributed by atoms with Crippen LogP contribution in [0.3, 0.4) is 0 Å². The van der Waals surface area contributed by atoms with Gasteiger partial charge in [0.2, 0.25) is 5.91 Å². The predicted molar refractivity (Wildman–Crippen MR) is 79.0 cm³/mol. The molecular formula is C16H20F2N2O2. The van der Waals surface area contributed by atoms with Crippen LogP contribution < -0.4 is 15.4 Å². The molecule has 3 atom stereocenters. The Hall–Kier alpha value is -1.69. The average Bonchev–Trinajstić information content (AvgIpc) is 2.91. The molecule has 0 bridgehead atoms. The van der Waals surface area contributed by atoms with Crippen LogP contribution in [0.15, 0.2) is 24.3 Å². The predicted octanol–water partition coefficient (Wildman–Crippen LogP) is 3.15. The molecule has 1 saturated carbocycles. The fraction of sp³-hybridized carbons (Fsp3) is 0.562. The molecule has 0 spiro atoms. The number of anilines is 1. The molecule has 2 N–H and O–H groups in total. The number of halogens is 2. The van der Waals surface area contributed by atoms with E-state index in [9.17, 15) is 13.6 Å². The van der Waals surface area contributed by atoms with Gasteiger partial charge in [-0.25, -0.2) is 0 Å². The second-order valence-electron chi connectivity index (χ2n) is 6.00. The first-order valence-corrected chi connectivity index (χ1v) is 7.73. The minimum atomic E-state index is -2.87. The quantitative estimate of drug-likeness (QED) is 0.898. The Morgan fingerprint density at radius 1 is 1.32 bits per heavy atom. The number of carbonyl (C=O) groups is 1. The molecule has 22 heavy (non-hydrogen) atoms. The number of nitrogens with one attached hydrogen (secondary N) is 2. The standard InChI is InChI=1S/C16H20F2N2O2/c17-16(18)22-12-6-3-5-11(9-12)19-15(21)14-8-10-4-1-2-7-13(10)20-14/h3,5-6,9-10,13-14,16,20H,1-2,4,7-8H2,(H,19,21). The topological polar surface area (TPSA) is 50.4 Å². The number of carbonyl (C=O) groups excluding carboxylic acids is 1. The summed E-state index contributed by atoms with van der Waals surface area (Å²) in [5.41, 5.74) is 0.472. The fourth-order valence-electron chi connectivity index (χ4n) is 3.50. The molecule has 1 aliphatic carbocycles. The van der Waals surface area contributed by atoms with E-state index in [0.29, 0.717) is 17.6 Å². The van der Waals surface area contributed by atoms with Gasteiger partial charge in [-0.05, 0) is 37.3 Å². The van der Waals surface area contributed by atoms with Crippen molar-refractivity contribution in [3.8, 4) is 5.75 Å². The van der Waals surface area contributed by atoms with Gasteiger partial charge in [0, 0.05) is 17.8 Å². The molecule has 1 aliphatic heterocycles. The molecule has 6 heteroatoms. The van der Waals surface area contributed by atoms with E-state index in [-0.39, 0.29) is 17.7 Å². The summed E-state index contributed by atoms with van der Waals surface area (Å²) < 4.78 is 28.8. The zero-order chi connectivity index (χ0) is 15.5. The number of rotatable bonds is 4. The third kappa shape index (κ3) is 3.55.